The predicted molar refractivity (Wildman–Crippen MR) is 81.0 cm³/mol. The second-order valence-electron chi connectivity index (χ2n) is 5.54. The topological polar surface area (TPSA) is 58.2 Å². The molecule has 0 radical (unpaired) electrons. The van der Waals surface area contributed by atoms with Crippen molar-refractivity contribution >= 4 is 10.0 Å². The van der Waals surface area contributed by atoms with Crippen LogP contribution in [0.4, 0.5) is 4.39 Å². The highest BCUT2D eigenvalue weighted by Crippen LogP contribution is 2.22. The maximum absolute atomic E-state index is 14.1. The first-order valence-electron chi connectivity index (χ1n) is 7.54. The fraction of sp³-hybridized carbons (Fsp3) is 0.600. The van der Waals surface area contributed by atoms with Gasteiger partial charge in [-0.2, -0.15) is 0 Å². The Morgan fingerprint density at radius 1 is 1.29 bits per heavy atom. The molecule has 2 rings (SSSR count). The van der Waals surface area contributed by atoms with Gasteiger partial charge in [0.05, 0.1) is 0 Å². The summed E-state index contributed by atoms with van der Waals surface area (Å²) in [4.78, 5) is -0.256. The largest absolute Gasteiger partial charge is 0.313 e. The molecule has 1 saturated carbocycles. The molecule has 0 unspecified atom stereocenters. The van der Waals surface area contributed by atoms with Gasteiger partial charge < -0.3 is 5.32 Å². The SMILES string of the molecule is CCCNCc1ccc(S(=O)(=O)NC2CCCC2)c(F)c1. The van der Waals surface area contributed by atoms with Crippen molar-refractivity contribution in [2.75, 3.05) is 6.54 Å². The second kappa shape index (κ2) is 7.33. The lowest BCUT2D eigenvalue weighted by Crippen LogP contribution is -2.33. The van der Waals surface area contributed by atoms with E-state index >= 15 is 0 Å². The molecule has 1 fully saturated rings. The zero-order valence-electron chi connectivity index (χ0n) is 12.4. The average molecular weight is 314 g/mol. The molecule has 118 valence electrons. The van der Waals surface area contributed by atoms with Crippen LogP contribution in [0.25, 0.3) is 0 Å². The Kier molecular flexibility index (Phi) is 5.72. The molecule has 1 aliphatic rings. The molecule has 0 saturated heterocycles. The van der Waals surface area contributed by atoms with Crippen LogP contribution in [0.1, 0.15) is 44.6 Å². The maximum atomic E-state index is 14.1. The van der Waals surface area contributed by atoms with E-state index in [1.54, 1.807) is 6.07 Å². The summed E-state index contributed by atoms with van der Waals surface area (Å²) < 4.78 is 41.1. The number of halogens is 1. The van der Waals surface area contributed by atoms with Crippen molar-refractivity contribution in [3.05, 3.63) is 29.6 Å². The second-order valence-corrected chi connectivity index (χ2v) is 7.23. The van der Waals surface area contributed by atoms with Crippen molar-refractivity contribution in [1.29, 1.82) is 0 Å². The average Bonchev–Trinajstić information content (AvgIpc) is 2.91. The van der Waals surface area contributed by atoms with Crippen LogP contribution in [0.5, 0.6) is 0 Å². The quantitative estimate of drug-likeness (QED) is 0.761. The van der Waals surface area contributed by atoms with E-state index in [1.165, 1.54) is 12.1 Å². The molecule has 0 aliphatic heterocycles. The Morgan fingerprint density at radius 3 is 2.62 bits per heavy atom. The summed E-state index contributed by atoms with van der Waals surface area (Å²) in [5, 5.41) is 3.16. The molecule has 0 heterocycles. The molecular formula is C15H23FN2O2S. The number of rotatable bonds is 7. The molecular weight excluding hydrogens is 291 g/mol. The minimum Gasteiger partial charge on any atom is -0.313 e. The Bertz CT molecular complexity index is 569. The minimum absolute atomic E-state index is 0.0553. The first kappa shape index (κ1) is 16.4. The number of sulfonamides is 1. The van der Waals surface area contributed by atoms with E-state index in [9.17, 15) is 12.8 Å². The van der Waals surface area contributed by atoms with Gasteiger partial charge in [-0.1, -0.05) is 25.8 Å². The van der Waals surface area contributed by atoms with E-state index in [1.807, 2.05) is 0 Å². The summed E-state index contributed by atoms with van der Waals surface area (Å²) in [5.41, 5.74) is 0.751. The fourth-order valence-corrected chi connectivity index (χ4v) is 3.97. The third kappa shape index (κ3) is 4.49. The summed E-state index contributed by atoms with van der Waals surface area (Å²) in [5.74, 6) is -0.684. The molecule has 1 aromatic carbocycles. The third-order valence-corrected chi connectivity index (χ3v) is 5.27. The highest BCUT2D eigenvalue weighted by Gasteiger charge is 2.25. The van der Waals surface area contributed by atoms with Gasteiger partial charge in [-0.25, -0.2) is 17.5 Å². The maximum Gasteiger partial charge on any atom is 0.243 e. The van der Waals surface area contributed by atoms with Crippen LogP contribution in [-0.2, 0) is 16.6 Å². The lowest BCUT2D eigenvalue weighted by Gasteiger charge is -2.13. The van der Waals surface area contributed by atoms with Crippen molar-refractivity contribution in [2.45, 2.75) is 56.5 Å². The summed E-state index contributed by atoms with van der Waals surface area (Å²) in [6.45, 7) is 3.45. The van der Waals surface area contributed by atoms with E-state index in [0.29, 0.717) is 6.54 Å². The Balaban J connectivity index is 2.08. The molecule has 2 N–H and O–H groups in total. The molecule has 0 bridgehead atoms. The molecule has 21 heavy (non-hydrogen) atoms. The van der Waals surface area contributed by atoms with E-state index in [4.69, 9.17) is 0 Å². The normalized spacial score (nSPS) is 16.5. The zero-order valence-corrected chi connectivity index (χ0v) is 13.2. The summed E-state index contributed by atoms with van der Waals surface area (Å²) >= 11 is 0. The Morgan fingerprint density at radius 2 is 2.00 bits per heavy atom. The molecule has 0 atom stereocenters. The molecule has 0 aromatic heterocycles. The van der Waals surface area contributed by atoms with Crippen molar-refractivity contribution < 1.29 is 12.8 Å². The highest BCUT2D eigenvalue weighted by molar-refractivity contribution is 7.89. The van der Waals surface area contributed by atoms with Crippen LogP contribution in [0.2, 0.25) is 0 Å². The summed E-state index contributed by atoms with van der Waals surface area (Å²) in [6, 6.07) is 4.26. The van der Waals surface area contributed by atoms with Crippen LogP contribution in [0.3, 0.4) is 0 Å². The van der Waals surface area contributed by atoms with E-state index in [-0.39, 0.29) is 10.9 Å². The summed E-state index contributed by atoms with van der Waals surface area (Å²) in [7, 11) is -3.76. The van der Waals surface area contributed by atoms with Gasteiger partial charge >= 0.3 is 0 Å². The minimum atomic E-state index is -3.76. The molecule has 0 amide bonds. The van der Waals surface area contributed by atoms with Crippen molar-refractivity contribution in [1.82, 2.24) is 10.0 Å². The summed E-state index contributed by atoms with van der Waals surface area (Å²) in [6.07, 6.45) is 4.72. The lowest BCUT2D eigenvalue weighted by molar-refractivity contribution is 0.535. The van der Waals surface area contributed by atoms with Crippen LogP contribution in [-0.4, -0.2) is 21.0 Å². The molecule has 1 aliphatic carbocycles. The predicted octanol–water partition coefficient (Wildman–Crippen LogP) is 2.55. The molecule has 0 spiro atoms. The smallest absolute Gasteiger partial charge is 0.243 e. The first-order valence-corrected chi connectivity index (χ1v) is 9.02. The van der Waals surface area contributed by atoms with Gasteiger partial charge in [0.15, 0.2) is 0 Å². The van der Waals surface area contributed by atoms with E-state index in [0.717, 1.165) is 44.2 Å². The fourth-order valence-electron chi connectivity index (χ4n) is 2.61. The zero-order chi connectivity index (χ0) is 15.3. The molecule has 6 heteroatoms. The van der Waals surface area contributed by atoms with E-state index < -0.39 is 15.8 Å². The van der Waals surface area contributed by atoms with Gasteiger partial charge in [-0.3, -0.25) is 0 Å². The van der Waals surface area contributed by atoms with Crippen LogP contribution >= 0.6 is 0 Å². The van der Waals surface area contributed by atoms with Gasteiger partial charge in [0.2, 0.25) is 10.0 Å². The Hall–Kier alpha value is -0.980. The van der Waals surface area contributed by atoms with Gasteiger partial charge in [-0.15, -0.1) is 0 Å². The standard InChI is InChI=1S/C15H23FN2O2S/c1-2-9-17-11-12-7-8-15(14(16)10-12)21(19,20)18-13-5-3-4-6-13/h7-8,10,13,17-18H,2-6,9,11H2,1H3. The third-order valence-electron chi connectivity index (χ3n) is 3.72. The Labute approximate surface area is 126 Å². The van der Waals surface area contributed by atoms with Gasteiger partial charge in [0, 0.05) is 12.6 Å². The number of hydrogen-bond acceptors (Lipinski definition) is 3. The first-order chi connectivity index (χ1) is 10.0. The van der Waals surface area contributed by atoms with Crippen LogP contribution < -0.4 is 10.0 Å². The van der Waals surface area contributed by atoms with Crippen LogP contribution in [0.15, 0.2) is 23.1 Å². The van der Waals surface area contributed by atoms with E-state index in [2.05, 4.69) is 17.0 Å². The molecule has 1 aromatic rings. The lowest BCUT2D eigenvalue weighted by atomic mass is 10.2. The van der Waals surface area contributed by atoms with Gasteiger partial charge in [0.25, 0.3) is 0 Å². The monoisotopic (exact) mass is 314 g/mol. The number of nitrogens with one attached hydrogen (secondary N) is 2. The van der Waals surface area contributed by atoms with Crippen molar-refractivity contribution in [3.63, 3.8) is 0 Å². The highest BCUT2D eigenvalue weighted by atomic mass is 32.2. The van der Waals surface area contributed by atoms with Crippen molar-refractivity contribution in [3.8, 4) is 0 Å². The number of benzene rings is 1. The number of hydrogen-bond donors (Lipinski definition) is 2. The van der Waals surface area contributed by atoms with Crippen LogP contribution in [0, 0.1) is 5.82 Å². The molecule has 4 nitrogen and oxygen atoms in total. The van der Waals surface area contributed by atoms with Crippen molar-refractivity contribution in [2.24, 2.45) is 0 Å². The van der Waals surface area contributed by atoms with Gasteiger partial charge in [0.1, 0.15) is 10.7 Å². The van der Waals surface area contributed by atoms with Gasteiger partial charge in [-0.05, 0) is 43.5 Å².